The third-order valence-electron chi connectivity index (χ3n) is 3.32. The summed E-state index contributed by atoms with van der Waals surface area (Å²) in [5, 5.41) is 8.50. The van der Waals surface area contributed by atoms with Crippen LogP contribution < -0.4 is 0 Å². The molecule has 0 fully saturated rings. The van der Waals surface area contributed by atoms with E-state index in [1.807, 2.05) is 0 Å². The second-order valence-corrected chi connectivity index (χ2v) is 12.3. The van der Waals surface area contributed by atoms with E-state index in [0.717, 1.165) is 12.8 Å². The summed E-state index contributed by atoms with van der Waals surface area (Å²) < 4.78 is 0. The minimum atomic E-state index is -0.805. The van der Waals surface area contributed by atoms with E-state index in [1.165, 1.54) is 51.1 Å². The molecule has 110 valence electrons. The molecule has 3 heteroatoms. The number of rotatable bonds is 12. The van der Waals surface area contributed by atoms with Crippen LogP contribution >= 0.6 is 7.26 Å². The average Bonchev–Trinajstić information content (AvgIpc) is 2.24. The Kier molecular flexibility index (Phi) is 10.7. The second-order valence-electron chi connectivity index (χ2n) is 6.64. The van der Waals surface area contributed by atoms with E-state index in [0.29, 0.717) is 6.42 Å². The van der Waals surface area contributed by atoms with Gasteiger partial charge in [0.05, 0.1) is 0 Å². The number of carbonyl (C=O) groups is 1. The first kappa shape index (κ1) is 17.9. The molecule has 0 unspecified atom stereocenters. The van der Waals surface area contributed by atoms with Crippen LogP contribution in [-0.4, -0.2) is 37.2 Å². The van der Waals surface area contributed by atoms with Crippen molar-refractivity contribution in [2.75, 3.05) is 26.2 Å². The van der Waals surface area contributed by atoms with E-state index in [4.69, 9.17) is 5.11 Å². The number of carboxylic acid groups (broad SMARTS) is 1. The molecule has 0 radical (unpaired) electrons. The summed E-state index contributed by atoms with van der Waals surface area (Å²) in [6, 6.07) is 0. The van der Waals surface area contributed by atoms with Gasteiger partial charge in [0.15, 0.2) is 0 Å². The Morgan fingerprint density at radius 1 is 0.778 bits per heavy atom. The van der Waals surface area contributed by atoms with Gasteiger partial charge in [0, 0.05) is 0 Å². The van der Waals surface area contributed by atoms with Gasteiger partial charge >= 0.3 is 104 Å². The minimum Gasteiger partial charge on any atom is -0.481 e. The van der Waals surface area contributed by atoms with E-state index in [-0.39, 0.29) is 0 Å². The van der Waals surface area contributed by atoms with Crippen LogP contribution in [0.25, 0.3) is 0 Å². The van der Waals surface area contributed by atoms with Crippen LogP contribution in [0.3, 0.4) is 0 Å². The van der Waals surface area contributed by atoms with Crippen LogP contribution in [0, 0.1) is 0 Å². The average molecular weight is 276 g/mol. The molecule has 0 aromatic rings. The van der Waals surface area contributed by atoms with Gasteiger partial charge in [-0.2, -0.15) is 0 Å². The molecule has 0 heterocycles. The molecule has 0 spiro atoms. The van der Waals surface area contributed by atoms with Crippen molar-refractivity contribution in [2.45, 2.75) is 64.2 Å². The Hall–Kier alpha value is -0.100. The first-order valence-electron chi connectivity index (χ1n) is 7.63. The molecule has 0 saturated heterocycles. The maximum atomic E-state index is 10.3. The van der Waals surface area contributed by atoms with Gasteiger partial charge in [0.2, 0.25) is 0 Å². The molecular weight excluding hydrogens is 243 g/mol. The normalized spacial score (nSPS) is 12.6. The summed E-state index contributed by atoms with van der Waals surface area (Å²) in [5.74, 6) is -0.655. The predicted molar refractivity (Wildman–Crippen MR) is 84.8 cm³/mol. The zero-order valence-electron chi connectivity index (χ0n) is 12.6. The maximum absolute atomic E-state index is 10.3. The van der Waals surface area contributed by atoms with Gasteiger partial charge in [-0.05, 0) is 0 Å². The van der Waals surface area contributed by atoms with E-state index >= 15 is 0 Å². The zero-order chi connectivity index (χ0) is 13.9. The van der Waals surface area contributed by atoms with Crippen LogP contribution in [0.2, 0.25) is 0 Å². The molecule has 0 aromatic carbocycles. The molecule has 0 rings (SSSR count). The Morgan fingerprint density at radius 3 is 1.56 bits per heavy atom. The standard InChI is InChI=1S/C15H33O2P/c1-18(2,3)14-12-10-8-6-4-5-7-9-11-13-15(16)17/h18H,4-14H2,1-3H3,(H,16,17). The SMILES string of the molecule is C[PH](C)(C)CCCCCCCCCCCC(=O)O. The molecule has 0 amide bonds. The Bertz CT molecular complexity index is 209. The molecule has 0 saturated carbocycles. The van der Waals surface area contributed by atoms with E-state index in [2.05, 4.69) is 20.0 Å². The summed E-state index contributed by atoms with van der Waals surface area (Å²) in [6.45, 7) is 7.35. The molecule has 0 aliphatic heterocycles. The molecular formula is C15H33O2P. The topological polar surface area (TPSA) is 37.3 Å². The fourth-order valence-corrected chi connectivity index (χ4v) is 3.48. The molecule has 18 heavy (non-hydrogen) atoms. The van der Waals surface area contributed by atoms with Gasteiger partial charge in [-0.25, -0.2) is 0 Å². The first-order valence-corrected chi connectivity index (χ1v) is 11.3. The van der Waals surface area contributed by atoms with Crippen molar-refractivity contribution in [2.24, 2.45) is 0 Å². The number of hydrogen-bond donors (Lipinski definition) is 1. The first-order chi connectivity index (χ1) is 8.42. The summed E-state index contributed by atoms with van der Waals surface area (Å²) >= 11 is 0. The van der Waals surface area contributed by atoms with Crippen LogP contribution in [0.4, 0.5) is 0 Å². The van der Waals surface area contributed by atoms with Gasteiger partial charge in [-0.3, -0.25) is 4.79 Å². The number of aliphatic carboxylic acids is 1. The van der Waals surface area contributed by atoms with Crippen molar-refractivity contribution in [1.29, 1.82) is 0 Å². The van der Waals surface area contributed by atoms with Crippen molar-refractivity contribution in [3.63, 3.8) is 0 Å². The number of unbranched alkanes of at least 4 members (excludes halogenated alkanes) is 8. The van der Waals surface area contributed by atoms with Crippen molar-refractivity contribution in [3.8, 4) is 0 Å². The van der Waals surface area contributed by atoms with Gasteiger partial charge in [0.1, 0.15) is 0 Å². The molecule has 1 N–H and O–H groups in total. The summed E-state index contributed by atoms with van der Waals surface area (Å²) in [7, 11) is -0.805. The van der Waals surface area contributed by atoms with Crippen LogP contribution in [-0.2, 0) is 4.79 Å². The van der Waals surface area contributed by atoms with E-state index in [9.17, 15) is 4.79 Å². The van der Waals surface area contributed by atoms with Crippen LogP contribution in [0.5, 0.6) is 0 Å². The Balaban J connectivity index is 3.06. The quantitative estimate of drug-likeness (QED) is 0.417. The molecule has 0 aliphatic rings. The molecule has 0 bridgehead atoms. The Morgan fingerprint density at radius 2 is 1.17 bits per heavy atom. The number of carboxylic acids is 1. The van der Waals surface area contributed by atoms with Crippen molar-refractivity contribution >= 4 is 13.2 Å². The predicted octanol–water partition coefficient (Wildman–Crippen LogP) is 4.61. The fraction of sp³-hybridized carbons (Fsp3) is 0.933. The smallest absolute Gasteiger partial charge is 0.481 e. The van der Waals surface area contributed by atoms with Crippen LogP contribution in [0.1, 0.15) is 64.2 Å². The van der Waals surface area contributed by atoms with Gasteiger partial charge in [-0.15, -0.1) is 0 Å². The van der Waals surface area contributed by atoms with Gasteiger partial charge in [0.25, 0.3) is 0 Å². The monoisotopic (exact) mass is 276 g/mol. The second kappa shape index (κ2) is 10.8. The molecule has 2 nitrogen and oxygen atoms in total. The third kappa shape index (κ3) is 15.9. The van der Waals surface area contributed by atoms with Crippen molar-refractivity contribution in [3.05, 3.63) is 0 Å². The molecule has 0 aromatic heterocycles. The Labute approximate surface area is 114 Å². The fourth-order valence-electron chi connectivity index (χ4n) is 2.17. The van der Waals surface area contributed by atoms with Gasteiger partial charge in [-0.1, -0.05) is 0 Å². The van der Waals surface area contributed by atoms with E-state index < -0.39 is 13.2 Å². The minimum absolute atomic E-state index is 0.344. The van der Waals surface area contributed by atoms with Crippen LogP contribution in [0.15, 0.2) is 0 Å². The molecule has 0 atom stereocenters. The van der Waals surface area contributed by atoms with Crippen molar-refractivity contribution < 1.29 is 9.90 Å². The summed E-state index contributed by atoms with van der Waals surface area (Å²) in [5.41, 5.74) is 0. The van der Waals surface area contributed by atoms with E-state index in [1.54, 1.807) is 0 Å². The third-order valence-corrected chi connectivity index (χ3v) is 5.17. The van der Waals surface area contributed by atoms with Crippen molar-refractivity contribution in [1.82, 2.24) is 0 Å². The summed E-state index contributed by atoms with van der Waals surface area (Å²) in [4.78, 5) is 10.3. The number of hydrogen-bond acceptors (Lipinski definition) is 1. The molecule has 0 aliphatic carbocycles. The zero-order valence-corrected chi connectivity index (χ0v) is 13.6. The van der Waals surface area contributed by atoms with Gasteiger partial charge < -0.3 is 5.11 Å². The summed E-state index contributed by atoms with van der Waals surface area (Å²) in [6.07, 6.45) is 13.2.